The lowest BCUT2D eigenvalue weighted by atomic mass is 10.1. The standard InChI is InChI=1S/C14H20N2O2/c1-16-9-7-12(8-10-16)18-14(17)13(15)11-5-3-2-4-6-11/h2-6,12-13H,7-10,15H2,1H3/t13-/m1/s1. The summed E-state index contributed by atoms with van der Waals surface area (Å²) in [6, 6.07) is 8.67. The van der Waals surface area contributed by atoms with Gasteiger partial charge in [-0.25, -0.2) is 4.79 Å². The summed E-state index contributed by atoms with van der Waals surface area (Å²) in [5.74, 6) is -0.323. The van der Waals surface area contributed by atoms with Crippen LogP contribution >= 0.6 is 0 Å². The number of ether oxygens (including phenoxy) is 1. The van der Waals surface area contributed by atoms with E-state index in [1.807, 2.05) is 30.3 Å². The summed E-state index contributed by atoms with van der Waals surface area (Å²) in [7, 11) is 2.08. The molecular weight excluding hydrogens is 228 g/mol. The molecule has 1 saturated heterocycles. The van der Waals surface area contributed by atoms with E-state index in [1.54, 1.807) is 0 Å². The highest BCUT2D eigenvalue weighted by molar-refractivity contribution is 5.77. The van der Waals surface area contributed by atoms with Gasteiger partial charge in [0.25, 0.3) is 0 Å². The molecule has 4 nitrogen and oxygen atoms in total. The lowest BCUT2D eigenvalue weighted by Gasteiger charge is -2.29. The summed E-state index contributed by atoms with van der Waals surface area (Å²) in [6.45, 7) is 1.94. The quantitative estimate of drug-likeness (QED) is 0.820. The van der Waals surface area contributed by atoms with Crippen LogP contribution in [0.25, 0.3) is 0 Å². The molecule has 0 aliphatic carbocycles. The molecule has 1 aromatic carbocycles. The van der Waals surface area contributed by atoms with Gasteiger partial charge >= 0.3 is 5.97 Å². The van der Waals surface area contributed by atoms with E-state index >= 15 is 0 Å². The van der Waals surface area contributed by atoms with Gasteiger partial charge in [-0.2, -0.15) is 0 Å². The number of piperidine rings is 1. The minimum absolute atomic E-state index is 0.0171. The average Bonchev–Trinajstić information content (AvgIpc) is 2.41. The molecule has 1 heterocycles. The second kappa shape index (κ2) is 5.98. The molecule has 1 aliphatic rings. The highest BCUT2D eigenvalue weighted by Crippen LogP contribution is 2.17. The van der Waals surface area contributed by atoms with Crippen LogP contribution in [0.1, 0.15) is 24.4 Å². The fourth-order valence-electron chi connectivity index (χ4n) is 2.14. The number of carbonyl (C=O) groups is 1. The molecule has 0 aromatic heterocycles. The Morgan fingerprint density at radius 2 is 1.94 bits per heavy atom. The summed E-state index contributed by atoms with van der Waals surface area (Å²) in [6.07, 6.45) is 1.80. The van der Waals surface area contributed by atoms with Crippen LogP contribution in [0, 0.1) is 0 Å². The minimum atomic E-state index is -0.675. The van der Waals surface area contributed by atoms with E-state index in [0.29, 0.717) is 0 Å². The monoisotopic (exact) mass is 248 g/mol. The number of esters is 1. The van der Waals surface area contributed by atoms with Crippen LogP contribution in [0.2, 0.25) is 0 Å². The molecular formula is C14H20N2O2. The number of likely N-dealkylation sites (tertiary alicyclic amines) is 1. The SMILES string of the molecule is CN1CCC(OC(=O)[C@H](N)c2ccccc2)CC1. The van der Waals surface area contributed by atoms with Crippen LogP contribution in [0.4, 0.5) is 0 Å². The second-order valence-electron chi connectivity index (χ2n) is 4.83. The number of nitrogens with two attached hydrogens (primary N) is 1. The number of rotatable bonds is 3. The lowest BCUT2D eigenvalue weighted by molar-refractivity contribution is -0.152. The molecule has 4 heteroatoms. The Morgan fingerprint density at radius 1 is 1.33 bits per heavy atom. The van der Waals surface area contributed by atoms with Gasteiger partial charge in [-0.1, -0.05) is 30.3 Å². The Bertz CT molecular complexity index is 386. The molecule has 0 bridgehead atoms. The van der Waals surface area contributed by atoms with E-state index in [1.165, 1.54) is 0 Å². The van der Waals surface area contributed by atoms with Crippen molar-refractivity contribution in [1.29, 1.82) is 0 Å². The Labute approximate surface area is 108 Å². The third-order valence-electron chi connectivity index (χ3n) is 3.36. The van der Waals surface area contributed by atoms with Gasteiger partial charge in [0.15, 0.2) is 0 Å². The van der Waals surface area contributed by atoms with Crippen LogP contribution in [-0.2, 0) is 9.53 Å². The first kappa shape index (κ1) is 13.1. The Morgan fingerprint density at radius 3 is 2.56 bits per heavy atom. The molecule has 0 radical (unpaired) electrons. The van der Waals surface area contributed by atoms with Crippen molar-refractivity contribution in [1.82, 2.24) is 4.90 Å². The number of benzene rings is 1. The summed E-state index contributed by atoms with van der Waals surface area (Å²) >= 11 is 0. The van der Waals surface area contributed by atoms with Crippen LogP contribution in [0.15, 0.2) is 30.3 Å². The topological polar surface area (TPSA) is 55.6 Å². The highest BCUT2D eigenvalue weighted by Gasteiger charge is 2.24. The molecule has 1 aromatic rings. The number of nitrogens with zero attached hydrogens (tertiary/aromatic N) is 1. The average molecular weight is 248 g/mol. The van der Waals surface area contributed by atoms with Crippen molar-refractivity contribution in [3.05, 3.63) is 35.9 Å². The fourth-order valence-corrected chi connectivity index (χ4v) is 2.14. The molecule has 1 aliphatic heterocycles. The smallest absolute Gasteiger partial charge is 0.327 e. The Kier molecular flexibility index (Phi) is 4.33. The van der Waals surface area contributed by atoms with Crippen LogP contribution in [0.3, 0.4) is 0 Å². The third-order valence-corrected chi connectivity index (χ3v) is 3.36. The zero-order valence-corrected chi connectivity index (χ0v) is 10.7. The van der Waals surface area contributed by atoms with Gasteiger partial charge < -0.3 is 15.4 Å². The maximum atomic E-state index is 11.9. The summed E-state index contributed by atoms with van der Waals surface area (Å²) in [5.41, 5.74) is 6.70. The minimum Gasteiger partial charge on any atom is -0.461 e. The maximum absolute atomic E-state index is 11.9. The second-order valence-corrected chi connectivity index (χ2v) is 4.83. The molecule has 98 valence electrons. The molecule has 0 unspecified atom stereocenters. The number of hydrogen-bond acceptors (Lipinski definition) is 4. The molecule has 2 rings (SSSR count). The maximum Gasteiger partial charge on any atom is 0.327 e. The van der Waals surface area contributed by atoms with Gasteiger partial charge in [-0.15, -0.1) is 0 Å². The van der Waals surface area contributed by atoms with Gasteiger partial charge in [0.05, 0.1) is 0 Å². The summed E-state index contributed by atoms with van der Waals surface area (Å²) < 4.78 is 5.47. The number of carbonyl (C=O) groups excluding carboxylic acids is 1. The molecule has 0 saturated carbocycles. The fraction of sp³-hybridized carbons (Fsp3) is 0.500. The van der Waals surface area contributed by atoms with Crippen molar-refractivity contribution in [2.75, 3.05) is 20.1 Å². The third kappa shape index (κ3) is 3.31. The predicted octanol–water partition coefficient (Wildman–Crippen LogP) is 1.32. The first-order valence-electron chi connectivity index (χ1n) is 6.36. The molecule has 18 heavy (non-hydrogen) atoms. The van der Waals surface area contributed by atoms with Crippen molar-refractivity contribution in [3.63, 3.8) is 0 Å². The van der Waals surface area contributed by atoms with Gasteiger partial charge in [0, 0.05) is 13.1 Å². The van der Waals surface area contributed by atoms with E-state index in [2.05, 4.69) is 11.9 Å². The zero-order valence-electron chi connectivity index (χ0n) is 10.7. The van der Waals surface area contributed by atoms with Gasteiger partial charge in [0.2, 0.25) is 0 Å². The van der Waals surface area contributed by atoms with Crippen molar-refractivity contribution < 1.29 is 9.53 Å². The first-order chi connectivity index (χ1) is 8.66. The highest BCUT2D eigenvalue weighted by atomic mass is 16.5. The molecule has 0 spiro atoms. The summed E-state index contributed by atoms with van der Waals surface area (Å²) in [5, 5.41) is 0. The predicted molar refractivity (Wildman–Crippen MR) is 70.0 cm³/mol. The van der Waals surface area contributed by atoms with Gasteiger partial charge in [-0.3, -0.25) is 0 Å². The van der Waals surface area contributed by atoms with Gasteiger partial charge in [-0.05, 0) is 25.5 Å². The molecule has 1 fully saturated rings. The largest absolute Gasteiger partial charge is 0.461 e. The zero-order chi connectivity index (χ0) is 13.0. The summed E-state index contributed by atoms with van der Waals surface area (Å²) in [4.78, 5) is 14.2. The van der Waals surface area contributed by atoms with E-state index in [4.69, 9.17) is 10.5 Å². The Balaban J connectivity index is 1.88. The van der Waals surface area contributed by atoms with Crippen LogP contribution in [0.5, 0.6) is 0 Å². The van der Waals surface area contributed by atoms with Crippen LogP contribution < -0.4 is 5.73 Å². The Hall–Kier alpha value is -1.39. The van der Waals surface area contributed by atoms with Crippen molar-refractivity contribution in [3.8, 4) is 0 Å². The van der Waals surface area contributed by atoms with E-state index in [9.17, 15) is 4.79 Å². The van der Waals surface area contributed by atoms with Crippen molar-refractivity contribution >= 4 is 5.97 Å². The van der Waals surface area contributed by atoms with Crippen molar-refractivity contribution in [2.24, 2.45) is 5.73 Å². The van der Waals surface area contributed by atoms with E-state index in [0.717, 1.165) is 31.5 Å². The molecule has 0 amide bonds. The van der Waals surface area contributed by atoms with E-state index in [-0.39, 0.29) is 12.1 Å². The van der Waals surface area contributed by atoms with Gasteiger partial charge in [0.1, 0.15) is 12.1 Å². The number of hydrogen-bond donors (Lipinski definition) is 1. The lowest BCUT2D eigenvalue weighted by Crippen LogP contribution is -2.37. The van der Waals surface area contributed by atoms with Crippen molar-refractivity contribution in [2.45, 2.75) is 25.0 Å². The first-order valence-corrected chi connectivity index (χ1v) is 6.36. The molecule has 1 atom stereocenters. The normalized spacial score (nSPS) is 19.4. The molecule has 2 N–H and O–H groups in total. The van der Waals surface area contributed by atoms with E-state index < -0.39 is 6.04 Å². The van der Waals surface area contributed by atoms with Crippen LogP contribution in [-0.4, -0.2) is 37.1 Å².